The number of pyridine rings is 1. The number of rotatable bonds is 6. The molecule has 0 aliphatic carbocycles. The molecule has 1 atom stereocenters. The maximum Gasteiger partial charge on any atom is 0.259 e. The Labute approximate surface area is 143 Å². The lowest BCUT2D eigenvalue weighted by Gasteiger charge is -2.33. The van der Waals surface area contributed by atoms with Gasteiger partial charge in [0.25, 0.3) is 5.89 Å². The molecule has 1 aliphatic rings. The van der Waals surface area contributed by atoms with E-state index in [4.69, 9.17) is 9.26 Å². The number of ether oxygens (including phenoxy) is 1. The third-order valence-corrected chi connectivity index (χ3v) is 4.30. The van der Waals surface area contributed by atoms with Gasteiger partial charge in [-0.25, -0.2) is 4.98 Å². The Morgan fingerprint density at radius 1 is 1.38 bits per heavy atom. The SMILES string of the molecule is COC[C@H]1CCCN(c2ccc(-c3nc(CC(C)C)no3)cn2)C1. The summed E-state index contributed by atoms with van der Waals surface area (Å²) in [5.41, 5.74) is 0.867. The third kappa shape index (κ3) is 4.12. The molecule has 3 rings (SSSR count). The van der Waals surface area contributed by atoms with Crippen molar-refractivity contribution in [2.24, 2.45) is 11.8 Å². The van der Waals surface area contributed by atoms with Gasteiger partial charge in [-0.1, -0.05) is 19.0 Å². The first kappa shape index (κ1) is 16.9. The van der Waals surface area contributed by atoms with E-state index in [1.165, 1.54) is 12.8 Å². The number of anilines is 1. The summed E-state index contributed by atoms with van der Waals surface area (Å²) in [6.45, 7) is 7.14. The third-order valence-electron chi connectivity index (χ3n) is 4.30. The van der Waals surface area contributed by atoms with Crippen LogP contribution in [0.3, 0.4) is 0 Å². The van der Waals surface area contributed by atoms with Crippen LogP contribution >= 0.6 is 0 Å². The van der Waals surface area contributed by atoms with E-state index < -0.39 is 0 Å². The summed E-state index contributed by atoms with van der Waals surface area (Å²) in [4.78, 5) is 11.4. The van der Waals surface area contributed by atoms with Gasteiger partial charge in [0.2, 0.25) is 0 Å². The summed E-state index contributed by atoms with van der Waals surface area (Å²) in [6.07, 6.45) is 5.05. The van der Waals surface area contributed by atoms with Crippen molar-refractivity contribution >= 4 is 5.82 Å². The molecule has 24 heavy (non-hydrogen) atoms. The van der Waals surface area contributed by atoms with Gasteiger partial charge in [0, 0.05) is 32.8 Å². The zero-order chi connectivity index (χ0) is 16.9. The largest absolute Gasteiger partial charge is 0.384 e. The lowest BCUT2D eigenvalue weighted by molar-refractivity contribution is 0.143. The highest BCUT2D eigenvalue weighted by molar-refractivity contribution is 5.54. The standard InChI is InChI=1S/C18H26N4O2/c1-13(2)9-16-20-18(24-21-16)15-6-7-17(19-10-15)22-8-4-5-14(11-22)12-23-3/h6-7,10,13-14H,4-5,8-9,11-12H2,1-3H3/t14-/m0/s1. The predicted octanol–water partition coefficient (Wildman–Crippen LogP) is 3.19. The maximum atomic E-state index is 5.35. The Kier molecular flexibility index (Phi) is 5.45. The summed E-state index contributed by atoms with van der Waals surface area (Å²) >= 11 is 0. The number of aromatic nitrogens is 3. The topological polar surface area (TPSA) is 64.3 Å². The van der Waals surface area contributed by atoms with Gasteiger partial charge < -0.3 is 14.2 Å². The lowest BCUT2D eigenvalue weighted by Crippen LogP contribution is -2.37. The molecule has 0 spiro atoms. The molecule has 0 aromatic carbocycles. The summed E-state index contributed by atoms with van der Waals surface area (Å²) < 4.78 is 10.7. The number of hydrogen-bond acceptors (Lipinski definition) is 6. The van der Waals surface area contributed by atoms with Crippen LogP contribution in [0.4, 0.5) is 5.82 Å². The molecule has 1 fully saturated rings. The predicted molar refractivity (Wildman–Crippen MR) is 92.9 cm³/mol. The molecule has 6 nitrogen and oxygen atoms in total. The zero-order valence-electron chi connectivity index (χ0n) is 14.7. The Morgan fingerprint density at radius 2 is 2.25 bits per heavy atom. The Hall–Kier alpha value is -1.95. The van der Waals surface area contributed by atoms with Crippen LogP contribution in [-0.4, -0.2) is 41.9 Å². The van der Waals surface area contributed by atoms with Gasteiger partial charge in [-0.15, -0.1) is 0 Å². The molecule has 0 N–H and O–H groups in total. The van der Waals surface area contributed by atoms with Crippen molar-refractivity contribution in [3.05, 3.63) is 24.2 Å². The first-order chi connectivity index (χ1) is 11.7. The van der Waals surface area contributed by atoms with E-state index in [2.05, 4.69) is 33.9 Å². The molecular formula is C18H26N4O2. The fourth-order valence-electron chi connectivity index (χ4n) is 3.16. The van der Waals surface area contributed by atoms with Crippen LogP contribution in [0.5, 0.6) is 0 Å². The lowest BCUT2D eigenvalue weighted by atomic mass is 9.99. The fourth-order valence-corrected chi connectivity index (χ4v) is 3.16. The van der Waals surface area contributed by atoms with Gasteiger partial charge in [-0.3, -0.25) is 0 Å². The average molecular weight is 330 g/mol. The first-order valence-corrected chi connectivity index (χ1v) is 8.68. The second-order valence-corrected chi connectivity index (χ2v) is 6.93. The van der Waals surface area contributed by atoms with Crippen LogP contribution < -0.4 is 4.90 Å². The Bertz CT molecular complexity index is 637. The monoisotopic (exact) mass is 330 g/mol. The van der Waals surface area contributed by atoms with Crippen LogP contribution in [0.2, 0.25) is 0 Å². The van der Waals surface area contributed by atoms with Crippen molar-refractivity contribution in [3.8, 4) is 11.5 Å². The molecule has 2 aromatic rings. The minimum absolute atomic E-state index is 0.509. The molecule has 0 unspecified atom stereocenters. The fraction of sp³-hybridized carbons (Fsp3) is 0.611. The molecule has 1 aliphatic heterocycles. The minimum atomic E-state index is 0.509. The zero-order valence-corrected chi connectivity index (χ0v) is 14.7. The molecule has 0 bridgehead atoms. The van der Waals surface area contributed by atoms with E-state index in [0.717, 1.165) is 43.3 Å². The van der Waals surface area contributed by atoms with E-state index in [1.54, 1.807) is 7.11 Å². The smallest absolute Gasteiger partial charge is 0.259 e. The minimum Gasteiger partial charge on any atom is -0.384 e. The molecule has 0 amide bonds. The highest BCUT2D eigenvalue weighted by atomic mass is 16.5. The molecule has 0 saturated carbocycles. The second kappa shape index (κ2) is 7.75. The normalized spacial score (nSPS) is 18.3. The quantitative estimate of drug-likeness (QED) is 0.810. The molecule has 3 heterocycles. The average Bonchev–Trinajstić information content (AvgIpc) is 3.03. The maximum absolute atomic E-state index is 5.35. The van der Waals surface area contributed by atoms with Gasteiger partial charge in [0.15, 0.2) is 5.82 Å². The van der Waals surface area contributed by atoms with Gasteiger partial charge in [0.05, 0.1) is 12.2 Å². The number of hydrogen-bond donors (Lipinski definition) is 0. The number of nitrogens with zero attached hydrogens (tertiary/aromatic N) is 4. The molecular weight excluding hydrogens is 304 g/mol. The molecule has 1 saturated heterocycles. The van der Waals surface area contributed by atoms with E-state index >= 15 is 0 Å². The number of piperidine rings is 1. The number of methoxy groups -OCH3 is 1. The van der Waals surface area contributed by atoms with Crippen LogP contribution in [0.15, 0.2) is 22.9 Å². The molecule has 0 radical (unpaired) electrons. The first-order valence-electron chi connectivity index (χ1n) is 8.68. The Balaban J connectivity index is 1.67. The van der Waals surface area contributed by atoms with Crippen molar-refractivity contribution in [2.75, 3.05) is 31.7 Å². The Morgan fingerprint density at radius 3 is 2.96 bits per heavy atom. The van der Waals surface area contributed by atoms with Crippen molar-refractivity contribution < 1.29 is 9.26 Å². The van der Waals surface area contributed by atoms with Crippen molar-refractivity contribution in [2.45, 2.75) is 33.1 Å². The second-order valence-electron chi connectivity index (χ2n) is 6.93. The molecule has 130 valence electrons. The van der Waals surface area contributed by atoms with E-state index in [-0.39, 0.29) is 0 Å². The van der Waals surface area contributed by atoms with Crippen LogP contribution in [0.25, 0.3) is 11.5 Å². The van der Waals surface area contributed by atoms with E-state index in [9.17, 15) is 0 Å². The summed E-state index contributed by atoms with van der Waals surface area (Å²) in [5.74, 6) is 3.39. The summed E-state index contributed by atoms with van der Waals surface area (Å²) in [7, 11) is 1.77. The van der Waals surface area contributed by atoms with Gasteiger partial charge in [-0.05, 0) is 36.8 Å². The van der Waals surface area contributed by atoms with Gasteiger partial charge in [-0.2, -0.15) is 4.98 Å². The van der Waals surface area contributed by atoms with Crippen molar-refractivity contribution in [1.29, 1.82) is 0 Å². The summed E-state index contributed by atoms with van der Waals surface area (Å²) in [5, 5.41) is 4.04. The molecule has 2 aromatic heterocycles. The van der Waals surface area contributed by atoms with Gasteiger partial charge in [0.1, 0.15) is 5.82 Å². The molecule has 6 heteroatoms. The van der Waals surface area contributed by atoms with Gasteiger partial charge >= 0.3 is 0 Å². The summed E-state index contributed by atoms with van der Waals surface area (Å²) in [6, 6.07) is 4.05. The van der Waals surface area contributed by atoms with Crippen molar-refractivity contribution in [3.63, 3.8) is 0 Å². The highest BCUT2D eigenvalue weighted by Gasteiger charge is 2.21. The van der Waals surface area contributed by atoms with E-state index in [0.29, 0.717) is 17.7 Å². The van der Waals surface area contributed by atoms with Crippen molar-refractivity contribution in [1.82, 2.24) is 15.1 Å². The van der Waals surface area contributed by atoms with Crippen LogP contribution in [0, 0.1) is 11.8 Å². The van der Waals surface area contributed by atoms with Crippen LogP contribution in [-0.2, 0) is 11.2 Å². The van der Waals surface area contributed by atoms with Crippen LogP contribution in [0.1, 0.15) is 32.5 Å². The highest BCUT2D eigenvalue weighted by Crippen LogP contribution is 2.24. The van der Waals surface area contributed by atoms with E-state index in [1.807, 2.05) is 18.3 Å².